The summed E-state index contributed by atoms with van der Waals surface area (Å²) in [4.78, 5) is 12.6. The van der Waals surface area contributed by atoms with Crippen LogP contribution < -0.4 is 0 Å². The molecule has 28 heavy (non-hydrogen) atoms. The van der Waals surface area contributed by atoms with Crippen LogP contribution in [-0.2, 0) is 18.9 Å². The fraction of sp³-hybridized carbons (Fsp3) is 0.609. The number of ether oxygens (including phenoxy) is 4. The van der Waals surface area contributed by atoms with Gasteiger partial charge in [-0.3, -0.25) is 0 Å². The molecule has 5 heteroatoms. The van der Waals surface area contributed by atoms with Gasteiger partial charge in [-0.2, -0.15) is 0 Å². The zero-order valence-electron chi connectivity index (χ0n) is 17.1. The van der Waals surface area contributed by atoms with Crippen LogP contribution in [0.1, 0.15) is 50.4 Å². The summed E-state index contributed by atoms with van der Waals surface area (Å²) in [5.74, 6) is -0.259. The van der Waals surface area contributed by atoms with Gasteiger partial charge in [-0.15, -0.1) is 0 Å². The summed E-state index contributed by atoms with van der Waals surface area (Å²) in [5, 5.41) is 0. The van der Waals surface area contributed by atoms with Crippen molar-refractivity contribution in [2.45, 2.75) is 69.5 Å². The number of carbonyl (C=O) groups is 1. The maximum atomic E-state index is 12.6. The van der Waals surface area contributed by atoms with Crippen molar-refractivity contribution in [1.29, 1.82) is 0 Å². The summed E-state index contributed by atoms with van der Waals surface area (Å²) >= 11 is 0. The van der Waals surface area contributed by atoms with E-state index in [1.165, 1.54) is 5.57 Å². The van der Waals surface area contributed by atoms with Crippen LogP contribution in [0.25, 0.3) is 0 Å². The largest absolute Gasteiger partial charge is 0.456 e. The molecule has 0 unspecified atom stereocenters. The summed E-state index contributed by atoms with van der Waals surface area (Å²) in [6, 6.07) is 9.12. The Morgan fingerprint density at radius 3 is 2.61 bits per heavy atom. The molecule has 1 aromatic carbocycles. The van der Waals surface area contributed by atoms with Gasteiger partial charge in [0.15, 0.2) is 0 Å². The molecular weight excluding hydrogens is 356 g/mol. The zero-order chi connectivity index (χ0) is 19.9. The third-order valence-electron chi connectivity index (χ3n) is 6.50. The molecule has 0 amide bonds. The van der Waals surface area contributed by atoms with Crippen molar-refractivity contribution in [2.24, 2.45) is 5.92 Å². The second kappa shape index (κ2) is 7.29. The maximum absolute atomic E-state index is 12.6. The van der Waals surface area contributed by atoms with Gasteiger partial charge < -0.3 is 18.9 Å². The summed E-state index contributed by atoms with van der Waals surface area (Å²) in [5.41, 5.74) is 1.33. The van der Waals surface area contributed by atoms with Crippen LogP contribution in [0.15, 0.2) is 42.0 Å². The van der Waals surface area contributed by atoms with E-state index in [4.69, 9.17) is 18.9 Å². The maximum Gasteiger partial charge on any atom is 0.338 e. The zero-order valence-corrected chi connectivity index (χ0v) is 17.1. The first-order chi connectivity index (χ1) is 13.4. The van der Waals surface area contributed by atoms with Crippen LogP contribution in [0.2, 0.25) is 0 Å². The second-order valence-corrected chi connectivity index (χ2v) is 8.69. The number of carbonyl (C=O) groups excluding carboxylic acids is 1. The Bertz CT molecular complexity index is 750. The fourth-order valence-corrected chi connectivity index (χ4v) is 4.85. The van der Waals surface area contributed by atoms with Crippen molar-refractivity contribution in [3.63, 3.8) is 0 Å². The van der Waals surface area contributed by atoms with Gasteiger partial charge in [-0.1, -0.05) is 29.8 Å². The third-order valence-corrected chi connectivity index (χ3v) is 6.50. The molecule has 0 radical (unpaired) electrons. The van der Waals surface area contributed by atoms with Crippen molar-refractivity contribution >= 4 is 5.97 Å². The summed E-state index contributed by atoms with van der Waals surface area (Å²) in [6.07, 6.45) is 4.30. The van der Waals surface area contributed by atoms with Gasteiger partial charge in [0.2, 0.25) is 0 Å². The first-order valence-electron chi connectivity index (χ1n) is 10.1. The van der Waals surface area contributed by atoms with Gasteiger partial charge in [-0.25, -0.2) is 4.79 Å². The normalized spacial score (nSPS) is 38.7. The lowest BCUT2D eigenvalue weighted by Crippen LogP contribution is -2.55. The lowest BCUT2D eigenvalue weighted by Gasteiger charge is -2.42. The quantitative estimate of drug-likeness (QED) is 0.421. The SMILES string of the molecule is CO[C@@H]1[C@H](OC(=O)c2ccccc2)CC[C@]2(CO2)[C@H]1[C@@]1(C)O[C@@H]1CC=C(C)C. The average molecular weight is 386 g/mol. The summed E-state index contributed by atoms with van der Waals surface area (Å²) < 4.78 is 24.0. The van der Waals surface area contributed by atoms with Gasteiger partial charge in [-0.05, 0) is 52.2 Å². The first kappa shape index (κ1) is 19.6. The standard InChI is InChI=1S/C23H30O5/c1-15(2)10-11-18-22(3,28-18)20-19(25-4)17(12-13-23(20)14-26-23)27-21(24)16-8-6-5-7-9-16/h5-10,17-20H,11-14H2,1-4H3/t17-,18-,19-,20-,22+,23+/m1/s1. The fourth-order valence-electron chi connectivity index (χ4n) is 4.85. The molecule has 1 aromatic rings. The van der Waals surface area contributed by atoms with Crippen molar-refractivity contribution in [2.75, 3.05) is 13.7 Å². The molecule has 2 saturated heterocycles. The minimum Gasteiger partial charge on any atom is -0.456 e. The molecule has 4 rings (SSSR count). The molecule has 152 valence electrons. The van der Waals surface area contributed by atoms with E-state index < -0.39 is 0 Å². The Morgan fingerprint density at radius 1 is 1.29 bits per heavy atom. The van der Waals surface area contributed by atoms with Crippen LogP contribution in [0.4, 0.5) is 0 Å². The molecule has 1 saturated carbocycles. The average Bonchev–Trinajstić information content (AvgIpc) is 3.60. The van der Waals surface area contributed by atoms with Crippen LogP contribution >= 0.6 is 0 Å². The van der Waals surface area contributed by atoms with Crippen molar-refractivity contribution in [1.82, 2.24) is 0 Å². The highest BCUT2D eigenvalue weighted by Gasteiger charge is 2.72. The highest BCUT2D eigenvalue weighted by molar-refractivity contribution is 5.89. The Kier molecular flexibility index (Phi) is 5.10. The number of hydrogen-bond acceptors (Lipinski definition) is 5. The molecule has 0 bridgehead atoms. The Morgan fingerprint density at radius 2 is 2.00 bits per heavy atom. The predicted molar refractivity (Wildman–Crippen MR) is 105 cm³/mol. The minimum atomic E-state index is -0.319. The lowest BCUT2D eigenvalue weighted by atomic mass is 9.68. The lowest BCUT2D eigenvalue weighted by molar-refractivity contribution is -0.120. The number of allylic oxidation sites excluding steroid dienone is 1. The van der Waals surface area contributed by atoms with Gasteiger partial charge in [0.25, 0.3) is 0 Å². The number of hydrogen-bond donors (Lipinski definition) is 0. The number of methoxy groups -OCH3 is 1. The second-order valence-electron chi connectivity index (χ2n) is 8.69. The van der Waals surface area contributed by atoms with E-state index in [0.717, 1.165) is 25.9 Å². The molecule has 5 nitrogen and oxygen atoms in total. The number of epoxide rings is 2. The Hall–Kier alpha value is -1.69. The minimum absolute atomic E-state index is 0.0443. The molecule has 2 aliphatic heterocycles. The number of benzene rings is 1. The van der Waals surface area contributed by atoms with E-state index in [0.29, 0.717) is 5.56 Å². The van der Waals surface area contributed by atoms with Crippen LogP contribution in [0, 0.1) is 5.92 Å². The molecule has 6 atom stereocenters. The van der Waals surface area contributed by atoms with E-state index in [-0.39, 0.29) is 41.4 Å². The molecular formula is C23H30O5. The van der Waals surface area contributed by atoms with E-state index in [1.807, 2.05) is 18.2 Å². The van der Waals surface area contributed by atoms with Crippen LogP contribution in [-0.4, -0.2) is 49.2 Å². The smallest absolute Gasteiger partial charge is 0.338 e. The Balaban J connectivity index is 1.52. The summed E-state index contributed by atoms with van der Waals surface area (Å²) in [7, 11) is 1.69. The monoisotopic (exact) mass is 386 g/mol. The third kappa shape index (κ3) is 3.51. The van der Waals surface area contributed by atoms with Gasteiger partial charge in [0.1, 0.15) is 23.4 Å². The topological polar surface area (TPSA) is 60.6 Å². The van der Waals surface area contributed by atoms with Gasteiger partial charge >= 0.3 is 5.97 Å². The Labute approximate surface area is 167 Å². The van der Waals surface area contributed by atoms with Crippen LogP contribution in [0.5, 0.6) is 0 Å². The van der Waals surface area contributed by atoms with Crippen molar-refractivity contribution in [3.8, 4) is 0 Å². The summed E-state index contributed by atoms with van der Waals surface area (Å²) in [6.45, 7) is 7.08. The van der Waals surface area contributed by atoms with Crippen molar-refractivity contribution in [3.05, 3.63) is 47.5 Å². The van der Waals surface area contributed by atoms with E-state index in [2.05, 4.69) is 26.8 Å². The molecule has 1 spiro atoms. The molecule has 0 aromatic heterocycles. The van der Waals surface area contributed by atoms with Gasteiger partial charge in [0, 0.05) is 7.11 Å². The van der Waals surface area contributed by atoms with Crippen LogP contribution in [0.3, 0.4) is 0 Å². The van der Waals surface area contributed by atoms with E-state index in [1.54, 1.807) is 19.2 Å². The van der Waals surface area contributed by atoms with Crippen molar-refractivity contribution < 1.29 is 23.7 Å². The first-order valence-corrected chi connectivity index (χ1v) is 10.1. The number of rotatable bonds is 6. The highest BCUT2D eigenvalue weighted by atomic mass is 16.6. The highest BCUT2D eigenvalue weighted by Crippen LogP contribution is 2.59. The number of esters is 1. The molecule has 3 fully saturated rings. The molecule has 0 N–H and O–H groups in total. The van der Waals surface area contributed by atoms with E-state index >= 15 is 0 Å². The van der Waals surface area contributed by atoms with E-state index in [9.17, 15) is 4.79 Å². The molecule has 1 aliphatic carbocycles. The predicted octanol–water partition coefficient (Wildman–Crippen LogP) is 3.92. The molecule has 3 aliphatic rings. The molecule has 2 heterocycles. The van der Waals surface area contributed by atoms with Gasteiger partial charge in [0.05, 0.1) is 24.2 Å².